The van der Waals surface area contributed by atoms with Gasteiger partial charge in [-0.3, -0.25) is 4.55 Å². The predicted molar refractivity (Wildman–Crippen MR) is 140 cm³/mol. The first kappa shape index (κ1) is 25.2. The van der Waals surface area contributed by atoms with Crippen LogP contribution < -0.4 is 5.32 Å². The number of thioether (sulfide) groups is 1. The summed E-state index contributed by atoms with van der Waals surface area (Å²) in [4.78, 5) is 13.0. The third kappa shape index (κ3) is 5.67. The molecule has 0 aliphatic heterocycles. The zero-order valence-corrected chi connectivity index (χ0v) is 21.6. The monoisotopic (exact) mass is 546 g/mol. The van der Waals surface area contributed by atoms with Crippen molar-refractivity contribution >= 4 is 80.9 Å². The highest BCUT2D eigenvalue weighted by atomic mass is 32.2. The normalized spacial score (nSPS) is 11.9. The molecule has 1 heterocycles. The van der Waals surface area contributed by atoms with Gasteiger partial charge in [0, 0.05) is 20.9 Å². The van der Waals surface area contributed by atoms with Crippen molar-refractivity contribution < 1.29 is 18.1 Å². The molecule has 0 atom stereocenters. The van der Waals surface area contributed by atoms with E-state index >= 15 is 0 Å². The number of fused-ring (bicyclic) bond motifs is 1. The van der Waals surface area contributed by atoms with Crippen LogP contribution in [0, 0.1) is 6.92 Å². The molecule has 0 unspecified atom stereocenters. The van der Waals surface area contributed by atoms with Crippen molar-refractivity contribution in [1.29, 1.82) is 0 Å². The molecule has 0 saturated carbocycles. The number of azo groups is 1. The standard InChI is InChI=1S/C21H18N6O4S4/c1-10-22-20(25-21(23-10)34-2)24-12-3-5-14-11(7-12)8-16(33)18(19(14)28)27-26-15-6-4-13(32)9-17(15)35(29,30)31/h3-9,28,32-33H,1-2H3,(H,29,30,31)(H,22,23,24,25). The van der Waals surface area contributed by atoms with Crippen molar-refractivity contribution in [1.82, 2.24) is 15.0 Å². The Morgan fingerprint density at radius 3 is 2.51 bits per heavy atom. The van der Waals surface area contributed by atoms with Gasteiger partial charge in [-0.25, -0.2) is 4.98 Å². The summed E-state index contributed by atoms with van der Waals surface area (Å²) >= 11 is 9.90. The quantitative estimate of drug-likeness (QED) is 0.0882. The average molecular weight is 547 g/mol. The van der Waals surface area contributed by atoms with Crippen molar-refractivity contribution in [2.45, 2.75) is 26.8 Å². The Hall–Kier alpha value is -2.91. The van der Waals surface area contributed by atoms with Crippen molar-refractivity contribution in [3.05, 3.63) is 48.3 Å². The summed E-state index contributed by atoms with van der Waals surface area (Å²) in [7, 11) is -4.56. The Morgan fingerprint density at radius 2 is 1.80 bits per heavy atom. The molecule has 35 heavy (non-hydrogen) atoms. The van der Waals surface area contributed by atoms with Crippen LogP contribution in [0.2, 0.25) is 0 Å². The number of phenolic OH excluding ortho intramolecular Hbond substituents is 1. The molecule has 3 N–H and O–H groups in total. The van der Waals surface area contributed by atoms with Crippen molar-refractivity contribution in [3.8, 4) is 5.75 Å². The van der Waals surface area contributed by atoms with E-state index in [1.165, 1.54) is 23.9 Å². The molecule has 0 spiro atoms. The summed E-state index contributed by atoms with van der Waals surface area (Å²) < 4.78 is 32.8. The van der Waals surface area contributed by atoms with E-state index in [9.17, 15) is 18.1 Å². The lowest BCUT2D eigenvalue weighted by Crippen LogP contribution is -2.02. The molecule has 14 heteroatoms. The third-order valence-corrected chi connectivity index (χ3v) is 6.76. The number of benzene rings is 3. The molecule has 0 amide bonds. The van der Waals surface area contributed by atoms with E-state index in [0.29, 0.717) is 43.2 Å². The van der Waals surface area contributed by atoms with Gasteiger partial charge >= 0.3 is 0 Å². The molecular weight excluding hydrogens is 529 g/mol. The number of aromatic nitrogens is 3. The van der Waals surface area contributed by atoms with Crippen LogP contribution >= 0.6 is 37.0 Å². The second kappa shape index (κ2) is 9.99. The van der Waals surface area contributed by atoms with Crippen LogP contribution in [-0.4, -0.2) is 39.3 Å². The maximum Gasteiger partial charge on any atom is 0.296 e. The first-order valence-electron chi connectivity index (χ1n) is 9.80. The highest BCUT2D eigenvalue weighted by Crippen LogP contribution is 2.42. The number of hydrogen-bond acceptors (Lipinski definition) is 12. The molecule has 4 rings (SSSR count). The Bertz CT molecular complexity index is 1600. The smallest absolute Gasteiger partial charge is 0.296 e. The SMILES string of the molecule is CSc1nc(C)nc(Nc2ccc3c(O)c(N=Nc4ccc(S)cc4S(=O)(=O)O)c(S)cc3c2)n1. The second-order valence-corrected chi connectivity index (χ2v) is 10.3. The van der Waals surface area contributed by atoms with Crippen molar-refractivity contribution in [2.75, 3.05) is 11.6 Å². The molecule has 4 aromatic rings. The number of aromatic hydroxyl groups is 1. The Balaban J connectivity index is 1.70. The minimum atomic E-state index is -4.56. The van der Waals surface area contributed by atoms with Gasteiger partial charge in [-0.2, -0.15) is 18.4 Å². The molecule has 0 fully saturated rings. The van der Waals surface area contributed by atoms with E-state index in [2.05, 4.69) is 55.8 Å². The summed E-state index contributed by atoms with van der Waals surface area (Å²) in [5.74, 6) is 0.783. The van der Waals surface area contributed by atoms with E-state index in [-0.39, 0.29) is 17.1 Å². The number of hydrogen-bond donors (Lipinski definition) is 5. The highest BCUT2D eigenvalue weighted by Gasteiger charge is 2.17. The lowest BCUT2D eigenvalue weighted by atomic mass is 10.1. The number of nitrogens with one attached hydrogen (secondary N) is 1. The summed E-state index contributed by atoms with van der Waals surface area (Å²) in [6.07, 6.45) is 1.87. The Morgan fingerprint density at radius 1 is 1.03 bits per heavy atom. The molecule has 0 aliphatic rings. The van der Waals surface area contributed by atoms with Crippen LogP contribution in [0.15, 0.2) is 72.5 Å². The summed E-state index contributed by atoms with van der Waals surface area (Å²) in [6, 6.07) is 10.9. The van der Waals surface area contributed by atoms with Crippen LogP contribution in [0.25, 0.3) is 10.8 Å². The number of rotatable bonds is 6. The van der Waals surface area contributed by atoms with E-state index in [4.69, 9.17) is 0 Å². The fourth-order valence-corrected chi connectivity index (χ4v) is 4.80. The van der Waals surface area contributed by atoms with Gasteiger partial charge in [0.1, 0.15) is 22.1 Å². The van der Waals surface area contributed by atoms with E-state index in [0.717, 1.165) is 6.07 Å². The predicted octanol–water partition coefficient (Wildman–Crippen LogP) is 5.74. The van der Waals surface area contributed by atoms with Crippen LogP contribution in [-0.2, 0) is 10.1 Å². The Labute approximate surface area is 215 Å². The maximum atomic E-state index is 11.7. The molecular formula is C21H18N6O4S4. The fraction of sp³-hybridized carbons (Fsp3) is 0.0952. The van der Waals surface area contributed by atoms with Gasteiger partial charge in [0.25, 0.3) is 10.1 Å². The molecule has 0 saturated heterocycles. The lowest BCUT2D eigenvalue weighted by molar-refractivity contribution is 0.481. The molecule has 1 aromatic heterocycles. The Kier molecular flexibility index (Phi) is 7.19. The van der Waals surface area contributed by atoms with Crippen LogP contribution in [0.3, 0.4) is 0 Å². The van der Waals surface area contributed by atoms with Crippen LogP contribution in [0.1, 0.15) is 5.82 Å². The van der Waals surface area contributed by atoms with E-state index in [1.807, 2.05) is 6.26 Å². The zero-order valence-electron chi connectivity index (χ0n) is 18.2. The van der Waals surface area contributed by atoms with Gasteiger partial charge in [-0.1, -0.05) is 11.8 Å². The fourth-order valence-electron chi connectivity index (χ4n) is 3.17. The van der Waals surface area contributed by atoms with Crippen molar-refractivity contribution in [2.24, 2.45) is 10.2 Å². The number of nitrogens with zero attached hydrogens (tertiary/aromatic N) is 5. The molecule has 0 radical (unpaired) electrons. The van der Waals surface area contributed by atoms with Gasteiger partial charge in [0.2, 0.25) is 5.95 Å². The highest BCUT2D eigenvalue weighted by molar-refractivity contribution is 7.98. The number of aryl methyl sites for hydroxylation is 1. The third-order valence-electron chi connectivity index (χ3n) is 4.71. The molecule has 3 aromatic carbocycles. The zero-order chi connectivity index (χ0) is 25.3. The minimum Gasteiger partial charge on any atom is -0.505 e. The second-order valence-electron chi connectivity index (χ2n) is 7.17. The molecule has 0 bridgehead atoms. The largest absolute Gasteiger partial charge is 0.505 e. The molecule has 10 nitrogen and oxygen atoms in total. The van der Waals surface area contributed by atoms with Gasteiger partial charge in [0.05, 0.1) is 0 Å². The van der Waals surface area contributed by atoms with Gasteiger partial charge < -0.3 is 10.4 Å². The summed E-state index contributed by atoms with van der Waals surface area (Å²) in [5.41, 5.74) is 0.603. The van der Waals surface area contributed by atoms with Crippen molar-refractivity contribution in [3.63, 3.8) is 0 Å². The minimum absolute atomic E-state index is 0.0375. The topological polar surface area (TPSA) is 150 Å². The van der Waals surface area contributed by atoms with Gasteiger partial charge in [0.15, 0.2) is 10.9 Å². The first-order valence-corrected chi connectivity index (χ1v) is 13.4. The molecule has 0 aliphatic carbocycles. The summed E-state index contributed by atoms with van der Waals surface area (Å²) in [6.45, 7) is 1.78. The first-order chi connectivity index (χ1) is 16.5. The van der Waals surface area contributed by atoms with Gasteiger partial charge in [-0.05, 0) is 61.0 Å². The van der Waals surface area contributed by atoms with E-state index in [1.54, 1.807) is 31.2 Å². The van der Waals surface area contributed by atoms with E-state index < -0.39 is 15.0 Å². The van der Waals surface area contributed by atoms with Crippen LogP contribution in [0.5, 0.6) is 5.75 Å². The number of anilines is 2. The molecule has 180 valence electrons. The summed E-state index contributed by atoms with van der Waals surface area (Å²) in [5, 5.41) is 23.6. The van der Waals surface area contributed by atoms with Crippen LogP contribution in [0.4, 0.5) is 23.0 Å². The lowest BCUT2D eigenvalue weighted by Gasteiger charge is -2.10. The number of thiol groups is 2. The maximum absolute atomic E-state index is 11.7. The average Bonchev–Trinajstić information content (AvgIpc) is 2.78. The van der Waals surface area contributed by atoms with Gasteiger partial charge in [-0.15, -0.1) is 35.5 Å². The number of phenols is 1.